The fraction of sp³-hybridized carbons (Fsp3) is 0.273. The molecule has 1 rings (SSSR count). The molecule has 0 atom stereocenters. The quantitative estimate of drug-likeness (QED) is 0.648. The zero-order valence-electron chi connectivity index (χ0n) is 8.70. The lowest BCUT2D eigenvalue weighted by atomic mass is 10.2. The summed E-state index contributed by atoms with van der Waals surface area (Å²) >= 11 is 8.06. The second-order valence-corrected chi connectivity index (χ2v) is 4.77. The molecule has 1 aromatic carbocycles. The summed E-state index contributed by atoms with van der Waals surface area (Å²) in [5.41, 5.74) is 6.00. The maximum atomic E-state index is 11.6. The summed E-state index contributed by atoms with van der Waals surface area (Å²) in [6, 6.07) is 7.22. The Morgan fingerprint density at radius 2 is 2.00 bits per heavy atom. The van der Waals surface area contributed by atoms with Crippen molar-refractivity contribution in [3.8, 4) is 0 Å². The summed E-state index contributed by atoms with van der Waals surface area (Å²) in [4.78, 5) is 12.1. The molecule has 0 bridgehead atoms. The van der Waals surface area contributed by atoms with E-state index < -0.39 is 0 Å². The summed E-state index contributed by atoms with van der Waals surface area (Å²) in [5, 5.41) is 2.80. The maximum absolute atomic E-state index is 11.6. The van der Waals surface area contributed by atoms with Crippen LogP contribution in [0.4, 0.5) is 0 Å². The van der Waals surface area contributed by atoms with E-state index in [2.05, 4.69) is 21.2 Å². The molecule has 0 aromatic heterocycles. The molecular formula is C11H13BrN2OS. The molecule has 0 radical (unpaired) electrons. The molecule has 0 saturated carbocycles. The predicted molar refractivity (Wildman–Crippen MR) is 72.5 cm³/mol. The molecule has 3 nitrogen and oxygen atoms in total. The molecule has 0 unspecified atom stereocenters. The van der Waals surface area contributed by atoms with Crippen LogP contribution in [0.3, 0.4) is 0 Å². The number of carbonyl (C=O) groups excluding carboxylic acids is 1. The van der Waals surface area contributed by atoms with E-state index in [0.717, 1.165) is 10.9 Å². The van der Waals surface area contributed by atoms with Gasteiger partial charge in [0, 0.05) is 16.6 Å². The first kappa shape index (κ1) is 13.1. The van der Waals surface area contributed by atoms with Gasteiger partial charge in [-0.15, -0.1) is 0 Å². The Morgan fingerprint density at radius 1 is 1.38 bits per heavy atom. The van der Waals surface area contributed by atoms with Crippen LogP contribution in [0.15, 0.2) is 28.7 Å². The molecule has 0 saturated heterocycles. The maximum Gasteiger partial charge on any atom is 0.251 e. The lowest BCUT2D eigenvalue weighted by Crippen LogP contribution is -2.25. The van der Waals surface area contributed by atoms with Crippen LogP contribution in [-0.4, -0.2) is 17.4 Å². The first-order chi connectivity index (χ1) is 7.59. The van der Waals surface area contributed by atoms with E-state index in [0.29, 0.717) is 23.5 Å². The van der Waals surface area contributed by atoms with Crippen LogP contribution in [0.2, 0.25) is 0 Å². The first-order valence-corrected chi connectivity index (χ1v) is 6.12. The van der Waals surface area contributed by atoms with Crippen molar-refractivity contribution in [3.05, 3.63) is 34.3 Å². The molecule has 0 aliphatic heterocycles. The number of hydrogen-bond donors (Lipinski definition) is 2. The minimum atomic E-state index is -0.0737. The Labute approximate surface area is 109 Å². The first-order valence-electron chi connectivity index (χ1n) is 4.91. The number of hydrogen-bond acceptors (Lipinski definition) is 2. The molecule has 1 amide bonds. The molecular weight excluding hydrogens is 288 g/mol. The number of nitrogens with one attached hydrogen (secondary N) is 1. The van der Waals surface area contributed by atoms with Gasteiger partial charge in [-0.05, 0) is 37.1 Å². The summed E-state index contributed by atoms with van der Waals surface area (Å²) in [7, 11) is 0. The zero-order valence-corrected chi connectivity index (χ0v) is 11.1. The Kier molecular flexibility index (Phi) is 5.42. The van der Waals surface area contributed by atoms with Gasteiger partial charge >= 0.3 is 0 Å². The Morgan fingerprint density at radius 3 is 2.56 bits per heavy atom. The molecule has 0 heterocycles. The van der Waals surface area contributed by atoms with Crippen molar-refractivity contribution in [1.82, 2.24) is 5.32 Å². The van der Waals surface area contributed by atoms with E-state index in [-0.39, 0.29) is 5.91 Å². The normalized spacial score (nSPS) is 9.81. The van der Waals surface area contributed by atoms with Crippen LogP contribution in [0.5, 0.6) is 0 Å². The van der Waals surface area contributed by atoms with Crippen molar-refractivity contribution < 1.29 is 4.79 Å². The number of halogens is 1. The summed E-state index contributed by atoms with van der Waals surface area (Å²) < 4.78 is 0.956. The largest absolute Gasteiger partial charge is 0.393 e. The monoisotopic (exact) mass is 300 g/mol. The highest BCUT2D eigenvalue weighted by Crippen LogP contribution is 2.10. The number of rotatable bonds is 5. The number of benzene rings is 1. The Balaban J connectivity index is 2.35. The third-order valence-corrected chi connectivity index (χ3v) is 2.72. The van der Waals surface area contributed by atoms with Crippen LogP contribution in [0, 0.1) is 0 Å². The minimum Gasteiger partial charge on any atom is -0.393 e. The van der Waals surface area contributed by atoms with Crippen molar-refractivity contribution in [1.29, 1.82) is 0 Å². The average molecular weight is 301 g/mol. The van der Waals surface area contributed by atoms with E-state index in [1.54, 1.807) is 12.1 Å². The van der Waals surface area contributed by atoms with E-state index >= 15 is 0 Å². The molecule has 3 N–H and O–H groups in total. The second-order valence-electron chi connectivity index (χ2n) is 3.33. The van der Waals surface area contributed by atoms with Crippen molar-refractivity contribution in [2.24, 2.45) is 5.73 Å². The van der Waals surface area contributed by atoms with Crippen LogP contribution in [0.25, 0.3) is 0 Å². The molecule has 0 aliphatic carbocycles. The second kappa shape index (κ2) is 6.60. The smallest absolute Gasteiger partial charge is 0.251 e. The van der Waals surface area contributed by atoms with Crippen molar-refractivity contribution in [3.63, 3.8) is 0 Å². The molecule has 0 fully saturated rings. The van der Waals surface area contributed by atoms with Gasteiger partial charge in [-0.2, -0.15) is 0 Å². The minimum absolute atomic E-state index is 0.0737. The van der Waals surface area contributed by atoms with Gasteiger partial charge in [0.15, 0.2) is 0 Å². The third-order valence-electron chi connectivity index (χ3n) is 1.99. The highest BCUT2D eigenvalue weighted by atomic mass is 79.9. The summed E-state index contributed by atoms with van der Waals surface area (Å²) in [5.74, 6) is -0.0737. The van der Waals surface area contributed by atoms with Gasteiger partial charge < -0.3 is 11.1 Å². The SMILES string of the molecule is NC(=S)CCCNC(=O)c1ccc(Br)cc1. The fourth-order valence-corrected chi connectivity index (χ4v) is 1.58. The van der Waals surface area contributed by atoms with Crippen LogP contribution >= 0.6 is 28.1 Å². The van der Waals surface area contributed by atoms with Gasteiger partial charge in [0.1, 0.15) is 0 Å². The number of thiocarbonyl (C=S) groups is 1. The Hall–Kier alpha value is -0.940. The standard InChI is InChI=1S/C11H13BrN2OS/c12-9-5-3-8(4-6-9)11(15)14-7-1-2-10(13)16/h3-6H,1-2,7H2,(H2,13,16)(H,14,15). The van der Waals surface area contributed by atoms with Gasteiger partial charge in [0.2, 0.25) is 0 Å². The number of nitrogens with two attached hydrogens (primary N) is 1. The lowest BCUT2D eigenvalue weighted by Gasteiger charge is -2.04. The Bertz CT molecular complexity index is 378. The van der Waals surface area contributed by atoms with Crippen molar-refractivity contribution in [2.45, 2.75) is 12.8 Å². The third kappa shape index (κ3) is 4.72. The summed E-state index contributed by atoms with van der Waals surface area (Å²) in [6.45, 7) is 0.590. The van der Waals surface area contributed by atoms with Gasteiger partial charge in [-0.25, -0.2) is 0 Å². The molecule has 0 spiro atoms. The molecule has 16 heavy (non-hydrogen) atoms. The highest BCUT2D eigenvalue weighted by molar-refractivity contribution is 9.10. The van der Waals surface area contributed by atoms with Gasteiger partial charge in [-0.3, -0.25) is 4.79 Å². The molecule has 1 aromatic rings. The van der Waals surface area contributed by atoms with E-state index in [1.807, 2.05) is 12.1 Å². The number of amides is 1. The average Bonchev–Trinajstić information content (AvgIpc) is 2.25. The number of carbonyl (C=O) groups is 1. The topological polar surface area (TPSA) is 55.1 Å². The van der Waals surface area contributed by atoms with E-state index in [9.17, 15) is 4.79 Å². The summed E-state index contributed by atoms with van der Waals surface area (Å²) in [6.07, 6.45) is 1.44. The van der Waals surface area contributed by atoms with E-state index in [1.165, 1.54) is 0 Å². The van der Waals surface area contributed by atoms with Crippen molar-refractivity contribution >= 4 is 39.0 Å². The highest BCUT2D eigenvalue weighted by Gasteiger charge is 2.03. The van der Waals surface area contributed by atoms with Crippen molar-refractivity contribution in [2.75, 3.05) is 6.54 Å². The van der Waals surface area contributed by atoms with E-state index in [4.69, 9.17) is 18.0 Å². The van der Waals surface area contributed by atoms with Gasteiger partial charge in [0.25, 0.3) is 5.91 Å². The molecule has 86 valence electrons. The van der Waals surface area contributed by atoms with Gasteiger partial charge in [-0.1, -0.05) is 28.1 Å². The molecule has 0 aliphatic rings. The van der Waals surface area contributed by atoms with Crippen LogP contribution in [0.1, 0.15) is 23.2 Å². The van der Waals surface area contributed by atoms with Crippen LogP contribution in [-0.2, 0) is 0 Å². The van der Waals surface area contributed by atoms with Gasteiger partial charge in [0.05, 0.1) is 4.99 Å². The predicted octanol–water partition coefficient (Wildman–Crippen LogP) is 2.25. The fourth-order valence-electron chi connectivity index (χ4n) is 1.17. The molecule has 5 heteroatoms. The lowest BCUT2D eigenvalue weighted by molar-refractivity contribution is 0.0953. The zero-order chi connectivity index (χ0) is 12.0. The van der Waals surface area contributed by atoms with Crippen LogP contribution < -0.4 is 11.1 Å².